The molecule has 0 aromatic heterocycles. The Hall–Kier alpha value is -1.33. The van der Waals surface area contributed by atoms with Gasteiger partial charge < -0.3 is 5.11 Å². The van der Waals surface area contributed by atoms with Gasteiger partial charge in [0.1, 0.15) is 11.3 Å². The molecule has 1 fully saturated rings. The van der Waals surface area contributed by atoms with Crippen molar-refractivity contribution >= 4 is 22.0 Å². The van der Waals surface area contributed by atoms with Crippen molar-refractivity contribution in [3.05, 3.63) is 27.7 Å². The van der Waals surface area contributed by atoms with Gasteiger partial charge in [-0.25, -0.2) is 4.79 Å². The minimum Gasteiger partial charge on any atom is -0.506 e. The van der Waals surface area contributed by atoms with Crippen LogP contribution < -0.4 is 0 Å². The summed E-state index contributed by atoms with van der Waals surface area (Å²) in [5, 5.41) is 9.91. The highest BCUT2D eigenvalue weighted by molar-refractivity contribution is 9.10. The molecular formula is C12H9BrF3NO2. The predicted octanol–water partition coefficient (Wildman–Crippen LogP) is 3.89. The van der Waals surface area contributed by atoms with Gasteiger partial charge in [0.2, 0.25) is 6.08 Å². The van der Waals surface area contributed by atoms with Crippen LogP contribution in [0.15, 0.2) is 21.6 Å². The molecule has 2 rings (SSSR count). The van der Waals surface area contributed by atoms with Crippen molar-refractivity contribution in [1.29, 1.82) is 0 Å². The summed E-state index contributed by atoms with van der Waals surface area (Å²) in [4.78, 5) is 14.1. The summed E-state index contributed by atoms with van der Waals surface area (Å²) in [6.07, 6.45) is -1.57. The fourth-order valence-corrected chi connectivity index (χ4v) is 2.62. The van der Waals surface area contributed by atoms with E-state index >= 15 is 0 Å². The van der Waals surface area contributed by atoms with E-state index in [1.165, 1.54) is 6.08 Å². The first kappa shape index (κ1) is 14.1. The van der Waals surface area contributed by atoms with Gasteiger partial charge in [-0.15, -0.1) is 0 Å². The zero-order chi connectivity index (χ0) is 14.3. The van der Waals surface area contributed by atoms with E-state index in [1.54, 1.807) is 0 Å². The number of aromatic hydroxyl groups is 1. The number of carbonyl (C=O) groups excluding carboxylic acids is 1. The van der Waals surface area contributed by atoms with Crippen molar-refractivity contribution in [3.63, 3.8) is 0 Å². The topological polar surface area (TPSA) is 49.7 Å². The van der Waals surface area contributed by atoms with Crippen molar-refractivity contribution in [3.8, 4) is 5.75 Å². The lowest BCUT2D eigenvalue weighted by Gasteiger charge is -2.37. The van der Waals surface area contributed by atoms with Crippen LogP contribution in [0.5, 0.6) is 5.75 Å². The fourth-order valence-electron chi connectivity index (χ4n) is 2.16. The number of aliphatic imine (C=N–C) groups is 1. The Bertz CT molecular complexity index is 561. The van der Waals surface area contributed by atoms with Crippen LogP contribution in [-0.4, -0.2) is 11.2 Å². The minimum atomic E-state index is -4.53. The largest absolute Gasteiger partial charge is 0.506 e. The molecule has 7 heteroatoms. The van der Waals surface area contributed by atoms with Crippen LogP contribution in [0.1, 0.15) is 30.4 Å². The minimum absolute atomic E-state index is 0.0174. The van der Waals surface area contributed by atoms with Gasteiger partial charge in [-0.3, -0.25) is 0 Å². The van der Waals surface area contributed by atoms with Gasteiger partial charge in [-0.05, 0) is 47.3 Å². The summed E-state index contributed by atoms with van der Waals surface area (Å²) in [6, 6.07) is 1.65. The van der Waals surface area contributed by atoms with Gasteiger partial charge in [0.05, 0.1) is 10.0 Å². The van der Waals surface area contributed by atoms with E-state index in [0.29, 0.717) is 12.8 Å². The number of hydrogen-bond donors (Lipinski definition) is 1. The van der Waals surface area contributed by atoms with Crippen molar-refractivity contribution in [2.75, 3.05) is 0 Å². The van der Waals surface area contributed by atoms with Crippen LogP contribution >= 0.6 is 15.9 Å². The average Bonchev–Trinajstić information content (AvgIpc) is 2.26. The number of rotatable bonds is 2. The van der Waals surface area contributed by atoms with Gasteiger partial charge in [0.15, 0.2) is 0 Å². The van der Waals surface area contributed by atoms with E-state index in [9.17, 15) is 23.1 Å². The van der Waals surface area contributed by atoms with Gasteiger partial charge in [0, 0.05) is 5.56 Å². The molecule has 1 N–H and O–H groups in total. The Morgan fingerprint density at radius 3 is 2.42 bits per heavy atom. The van der Waals surface area contributed by atoms with E-state index in [-0.39, 0.29) is 15.8 Å². The standard InChI is InChI=1S/C12H9BrF3NO2/c13-9-5-7(12(14,15)16)4-8(10(9)19)11(17-6-18)2-1-3-11/h4-5,19H,1-3H2. The van der Waals surface area contributed by atoms with Gasteiger partial charge in [-0.1, -0.05) is 0 Å². The van der Waals surface area contributed by atoms with Gasteiger partial charge >= 0.3 is 6.18 Å². The third-order valence-corrected chi connectivity index (χ3v) is 3.94. The summed E-state index contributed by atoms with van der Waals surface area (Å²) >= 11 is 2.90. The lowest BCUT2D eigenvalue weighted by molar-refractivity contribution is -0.137. The number of nitrogens with zero attached hydrogens (tertiary/aromatic N) is 1. The van der Waals surface area contributed by atoms with Crippen molar-refractivity contribution < 1.29 is 23.1 Å². The summed E-state index contributed by atoms with van der Waals surface area (Å²) < 4.78 is 38.2. The van der Waals surface area contributed by atoms with E-state index < -0.39 is 17.3 Å². The zero-order valence-electron chi connectivity index (χ0n) is 9.59. The highest BCUT2D eigenvalue weighted by Crippen LogP contribution is 2.50. The van der Waals surface area contributed by atoms with Crippen molar-refractivity contribution in [2.45, 2.75) is 31.0 Å². The fraction of sp³-hybridized carbons (Fsp3) is 0.417. The Kier molecular flexibility index (Phi) is 3.45. The van der Waals surface area contributed by atoms with Crippen LogP contribution in [0.3, 0.4) is 0 Å². The lowest BCUT2D eigenvalue weighted by atomic mass is 9.71. The molecule has 0 radical (unpaired) electrons. The molecule has 0 spiro atoms. The molecule has 3 nitrogen and oxygen atoms in total. The van der Waals surface area contributed by atoms with Crippen molar-refractivity contribution in [2.24, 2.45) is 4.99 Å². The maximum atomic E-state index is 12.8. The molecule has 1 aromatic rings. The van der Waals surface area contributed by atoms with Crippen LogP contribution in [0.2, 0.25) is 0 Å². The lowest BCUT2D eigenvalue weighted by Crippen LogP contribution is -2.32. The van der Waals surface area contributed by atoms with E-state index in [2.05, 4.69) is 20.9 Å². The molecule has 19 heavy (non-hydrogen) atoms. The number of phenolic OH excluding ortho intramolecular Hbond substituents is 1. The molecule has 0 unspecified atom stereocenters. The maximum absolute atomic E-state index is 12.8. The molecule has 0 bridgehead atoms. The van der Waals surface area contributed by atoms with E-state index in [4.69, 9.17) is 0 Å². The molecule has 1 aliphatic rings. The Balaban J connectivity index is 2.62. The zero-order valence-corrected chi connectivity index (χ0v) is 11.2. The summed E-state index contributed by atoms with van der Waals surface area (Å²) in [7, 11) is 0. The Labute approximate surface area is 115 Å². The highest BCUT2D eigenvalue weighted by Gasteiger charge is 2.43. The third kappa shape index (κ3) is 2.40. The first-order chi connectivity index (χ1) is 8.80. The Morgan fingerprint density at radius 1 is 1.37 bits per heavy atom. The molecule has 0 heterocycles. The summed E-state index contributed by atoms with van der Waals surface area (Å²) in [5.41, 5.74) is -1.95. The van der Waals surface area contributed by atoms with E-state index in [0.717, 1.165) is 18.6 Å². The quantitative estimate of drug-likeness (QED) is 0.658. The molecule has 102 valence electrons. The average molecular weight is 336 g/mol. The number of benzene rings is 1. The summed E-state index contributed by atoms with van der Waals surface area (Å²) in [6.45, 7) is 0. The predicted molar refractivity (Wildman–Crippen MR) is 64.5 cm³/mol. The summed E-state index contributed by atoms with van der Waals surface area (Å²) in [5.74, 6) is -0.313. The second-order valence-corrected chi connectivity index (χ2v) is 5.29. The maximum Gasteiger partial charge on any atom is 0.416 e. The highest BCUT2D eigenvalue weighted by atomic mass is 79.9. The number of alkyl halides is 3. The molecule has 0 amide bonds. The number of halogens is 4. The van der Waals surface area contributed by atoms with Crippen LogP contribution in [-0.2, 0) is 16.5 Å². The molecular weight excluding hydrogens is 327 g/mol. The van der Waals surface area contributed by atoms with Crippen LogP contribution in [0, 0.1) is 0 Å². The number of phenols is 1. The smallest absolute Gasteiger partial charge is 0.416 e. The molecule has 0 saturated heterocycles. The SMILES string of the molecule is O=C=NC1(c2cc(C(F)(F)F)cc(Br)c2O)CCC1. The number of hydrogen-bond acceptors (Lipinski definition) is 3. The molecule has 1 aliphatic carbocycles. The molecule has 1 saturated carbocycles. The third-order valence-electron chi connectivity index (χ3n) is 3.33. The van der Waals surface area contributed by atoms with Gasteiger partial charge in [-0.2, -0.15) is 18.2 Å². The molecule has 1 aromatic carbocycles. The first-order valence-corrected chi connectivity index (χ1v) is 6.29. The second kappa shape index (κ2) is 4.65. The number of isocyanates is 1. The van der Waals surface area contributed by atoms with Crippen LogP contribution in [0.25, 0.3) is 0 Å². The van der Waals surface area contributed by atoms with Crippen molar-refractivity contribution in [1.82, 2.24) is 0 Å². The first-order valence-electron chi connectivity index (χ1n) is 5.49. The van der Waals surface area contributed by atoms with Crippen LogP contribution in [0.4, 0.5) is 13.2 Å². The van der Waals surface area contributed by atoms with Gasteiger partial charge in [0.25, 0.3) is 0 Å². The molecule has 0 atom stereocenters. The molecule has 0 aliphatic heterocycles. The normalized spacial score (nSPS) is 17.5. The monoisotopic (exact) mass is 335 g/mol. The second-order valence-electron chi connectivity index (χ2n) is 4.44. The Morgan fingerprint density at radius 2 is 2.00 bits per heavy atom. The van der Waals surface area contributed by atoms with E-state index in [1.807, 2.05) is 0 Å².